The highest BCUT2D eigenvalue weighted by atomic mass is 16.5. The van der Waals surface area contributed by atoms with Crippen molar-refractivity contribution in [3.8, 4) is 0 Å². The molecule has 1 saturated heterocycles. The maximum Gasteiger partial charge on any atom is 0.154 e. The quantitative estimate of drug-likeness (QED) is 0.878. The van der Waals surface area contributed by atoms with Gasteiger partial charge in [-0.15, -0.1) is 0 Å². The van der Waals surface area contributed by atoms with Crippen LogP contribution in [0.25, 0.3) is 0 Å². The van der Waals surface area contributed by atoms with Crippen molar-refractivity contribution in [2.75, 3.05) is 13.2 Å². The van der Waals surface area contributed by atoms with E-state index in [1.807, 2.05) is 11.7 Å². The molecular formula is C14H24N4O. The van der Waals surface area contributed by atoms with E-state index in [1.165, 1.54) is 32.1 Å². The molecule has 0 aromatic carbocycles. The number of nitrogens with zero attached hydrogens (tertiary/aromatic N) is 3. The summed E-state index contributed by atoms with van der Waals surface area (Å²) in [6, 6.07) is 0.00889. The summed E-state index contributed by atoms with van der Waals surface area (Å²) in [6.07, 6.45) is 6.41. The van der Waals surface area contributed by atoms with Gasteiger partial charge in [-0.05, 0) is 19.8 Å². The summed E-state index contributed by atoms with van der Waals surface area (Å²) in [6.45, 7) is 3.40. The average molecular weight is 264 g/mol. The average Bonchev–Trinajstić information content (AvgIpc) is 2.96. The molecule has 106 valence electrons. The van der Waals surface area contributed by atoms with Crippen molar-refractivity contribution in [1.82, 2.24) is 14.8 Å². The molecule has 2 heterocycles. The van der Waals surface area contributed by atoms with E-state index in [0.717, 1.165) is 11.6 Å². The van der Waals surface area contributed by atoms with Gasteiger partial charge in [0.1, 0.15) is 5.82 Å². The van der Waals surface area contributed by atoms with Crippen molar-refractivity contribution in [2.45, 2.75) is 56.4 Å². The number of aromatic nitrogens is 3. The Morgan fingerprint density at radius 1 is 1.32 bits per heavy atom. The third-order valence-corrected chi connectivity index (χ3v) is 4.78. The molecule has 0 bridgehead atoms. The van der Waals surface area contributed by atoms with E-state index in [1.54, 1.807) is 0 Å². The summed E-state index contributed by atoms with van der Waals surface area (Å²) < 4.78 is 7.45. The molecule has 1 aliphatic carbocycles. The first kappa shape index (κ1) is 13.1. The number of nitrogens with two attached hydrogens (primary N) is 1. The Bertz CT molecular complexity index is 452. The zero-order chi connectivity index (χ0) is 13.5. The van der Waals surface area contributed by atoms with Crippen molar-refractivity contribution in [3.05, 3.63) is 11.6 Å². The minimum atomic E-state index is -0.200. The van der Waals surface area contributed by atoms with Gasteiger partial charge in [-0.2, -0.15) is 5.10 Å². The normalized spacial score (nSPS) is 32.9. The molecule has 0 spiro atoms. The molecular weight excluding hydrogens is 240 g/mol. The van der Waals surface area contributed by atoms with Crippen LogP contribution in [0.15, 0.2) is 0 Å². The van der Waals surface area contributed by atoms with Crippen LogP contribution in [0, 0.1) is 0 Å². The van der Waals surface area contributed by atoms with E-state index in [4.69, 9.17) is 15.5 Å². The predicted octanol–water partition coefficient (Wildman–Crippen LogP) is 1.48. The molecule has 1 aliphatic heterocycles. The highest BCUT2D eigenvalue weighted by Crippen LogP contribution is 2.34. The molecule has 2 N–H and O–H groups in total. The van der Waals surface area contributed by atoms with Crippen LogP contribution in [0.4, 0.5) is 0 Å². The SMILES string of the molecule is Cn1nc(C2CCCCC2)nc1C1(C)COCC1N. The Kier molecular flexibility index (Phi) is 3.35. The lowest BCUT2D eigenvalue weighted by molar-refractivity contribution is 0.177. The highest BCUT2D eigenvalue weighted by Gasteiger charge is 2.43. The summed E-state index contributed by atoms with van der Waals surface area (Å²) >= 11 is 0. The molecule has 2 fully saturated rings. The fourth-order valence-electron chi connectivity index (χ4n) is 3.35. The second-order valence-corrected chi connectivity index (χ2v) is 6.29. The number of hydrogen-bond acceptors (Lipinski definition) is 4. The van der Waals surface area contributed by atoms with Gasteiger partial charge in [0.15, 0.2) is 5.82 Å². The first-order chi connectivity index (χ1) is 9.11. The molecule has 2 aliphatic rings. The fourth-order valence-corrected chi connectivity index (χ4v) is 3.35. The molecule has 0 radical (unpaired) electrons. The van der Waals surface area contributed by atoms with Gasteiger partial charge in [0, 0.05) is 19.0 Å². The zero-order valence-electron chi connectivity index (χ0n) is 11.9. The Morgan fingerprint density at radius 3 is 2.68 bits per heavy atom. The molecule has 5 nitrogen and oxygen atoms in total. The van der Waals surface area contributed by atoms with E-state index in [0.29, 0.717) is 19.1 Å². The van der Waals surface area contributed by atoms with E-state index < -0.39 is 0 Å². The Labute approximate surface area is 114 Å². The van der Waals surface area contributed by atoms with Crippen LogP contribution in [0.2, 0.25) is 0 Å². The van der Waals surface area contributed by atoms with Crippen molar-refractivity contribution in [3.63, 3.8) is 0 Å². The van der Waals surface area contributed by atoms with Crippen LogP contribution in [-0.2, 0) is 17.2 Å². The third-order valence-electron chi connectivity index (χ3n) is 4.78. The molecule has 2 unspecified atom stereocenters. The standard InChI is InChI=1S/C14H24N4O/c1-14(9-19-8-11(14)15)13-16-12(17-18(13)2)10-6-4-3-5-7-10/h10-11H,3-9,15H2,1-2H3. The van der Waals surface area contributed by atoms with Crippen molar-refractivity contribution < 1.29 is 4.74 Å². The summed E-state index contributed by atoms with van der Waals surface area (Å²) in [4.78, 5) is 4.83. The van der Waals surface area contributed by atoms with E-state index in [-0.39, 0.29) is 11.5 Å². The molecule has 2 atom stereocenters. The molecule has 1 aromatic rings. The van der Waals surface area contributed by atoms with Crippen LogP contribution >= 0.6 is 0 Å². The van der Waals surface area contributed by atoms with E-state index >= 15 is 0 Å². The third kappa shape index (κ3) is 2.19. The number of rotatable bonds is 2. The monoisotopic (exact) mass is 264 g/mol. The molecule has 5 heteroatoms. The lowest BCUT2D eigenvalue weighted by Gasteiger charge is -2.25. The molecule has 1 aromatic heterocycles. The lowest BCUT2D eigenvalue weighted by atomic mass is 9.84. The second-order valence-electron chi connectivity index (χ2n) is 6.29. The molecule has 0 amide bonds. The molecule has 19 heavy (non-hydrogen) atoms. The minimum Gasteiger partial charge on any atom is -0.379 e. The maximum absolute atomic E-state index is 6.20. The largest absolute Gasteiger partial charge is 0.379 e. The van der Waals surface area contributed by atoms with Gasteiger partial charge < -0.3 is 10.5 Å². The maximum atomic E-state index is 6.20. The summed E-state index contributed by atoms with van der Waals surface area (Å²) in [5, 5.41) is 4.65. The van der Waals surface area contributed by atoms with Crippen molar-refractivity contribution in [2.24, 2.45) is 12.8 Å². The van der Waals surface area contributed by atoms with Crippen molar-refractivity contribution >= 4 is 0 Å². The summed E-state index contributed by atoms with van der Waals surface area (Å²) in [5.74, 6) is 2.53. The molecule has 1 saturated carbocycles. The Morgan fingerprint density at radius 2 is 2.05 bits per heavy atom. The van der Waals surface area contributed by atoms with Crippen LogP contribution in [0.5, 0.6) is 0 Å². The summed E-state index contributed by atoms with van der Waals surface area (Å²) in [5.41, 5.74) is 6.00. The van der Waals surface area contributed by atoms with E-state index in [9.17, 15) is 0 Å². The highest BCUT2D eigenvalue weighted by molar-refractivity contribution is 5.16. The van der Waals surface area contributed by atoms with Gasteiger partial charge in [-0.3, -0.25) is 4.68 Å². The number of ether oxygens (including phenoxy) is 1. The fraction of sp³-hybridized carbons (Fsp3) is 0.857. The first-order valence-electron chi connectivity index (χ1n) is 7.36. The second kappa shape index (κ2) is 4.87. The lowest BCUT2D eigenvalue weighted by Crippen LogP contribution is -2.43. The van der Waals surface area contributed by atoms with Gasteiger partial charge in [0.25, 0.3) is 0 Å². The summed E-state index contributed by atoms with van der Waals surface area (Å²) in [7, 11) is 1.98. The van der Waals surface area contributed by atoms with Crippen LogP contribution in [-0.4, -0.2) is 34.0 Å². The molecule has 3 rings (SSSR count). The Hall–Kier alpha value is -0.940. The van der Waals surface area contributed by atoms with Crippen LogP contribution in [0.1, 0.15) is 56.6 Å². The Balaban J connectivity index is 1.88. The van der Waals surface area contributed by atoms with Gasteiger partial charge in [-0.1, -0.05) is 19.3 Å². The van der Waals surface area contributed by atoms with Gasteiger partial charge in [0.2, 0.25) is 0 Å². The topological polar surface area (TPSA) is 66.0 Å². The predicted molar refractivity (Wildman–Crippen MR) is 73.0 cm³/mol. The number of hydrogen-bond donors (Lipinski definition) is 1. The van der Waals surface area contributed by atoms with E-state index in [2.05, 4.69) is 12.0 Å². The first-order valence-corrected chi connectivity index (χ1v) is 7.36. The zero-order valence-corrected chi connectivity index (χ0v) is 11.9. The minimum absolute atomic E-state index is 0.00889. The van der Waals surface area contributed by atoms with Crippen LogP contribution in [0.3, 0.4) is 0 Å². The van der Waals surface area contributed by atoms with Crippen molar-refractivity contribution in [1.29, 1.82) is 0 Å². The number of aryl methyl sites for hydroxylation is 1. The smallest absolute Gasteiger partial charge is 0.154 e. The van der Waals surface area contributed by atoms with Gasteiger partial charge >= 0.3 is 0 Å². The van der Waals surface area contributed by atoms with Gasteiger partial charge in [-0.25, -0.2) is 4.98 Å². The van der Waals surface area contributed by atoms with Crippen LogP contribution < -0.4 is 5.73 Å². The van der Waals surface area contributed by atoms with Gasteiger partial charge in [0.05, 0.1) is 18.6 Å².